The van der Waals surface area contributed by atoms with E-state index in [4.69, 9.17) is 4.74 Å². The molecule has 3 fully saturated rings. The van der Waals surface area contributed by atoms with Gasteiger partial charge in [0.15, 0.2) is 12.4 Å². The number of ether oxygens (including phenoxy) is 1. The lowest BCUT2D eigenvalue weighted by Gasteiger charge is -2.60. The van der Waals surface area contributed by atoms with Gasteiger partial charge in [0.25, 0.3) is 0 Å². The Kier molecular flexibility index (Phi) is 4.84. The van der Waals surface area contributed by atoms with Crippen LogP contribution in [0.2, 0.25) is 0 Å². The highest BCUT2D eigenvalue weighted by atomic mass is 16.5. The van der Waals surface area contributed by atoms with Crippen LogP contribution in [0.25, 0.3) is 0 Å². The molecule has 0 bridgehead atoms. The summed E-state index contributed by atoms with van der Waals surface area (Å²) in [6, 6.07) is 0. The molecular formula is C24H34O5. The van der Waals surface area contributed by atoms with Gasteiger partial charge in [-0.25, -0.2) is 0 Å². The van der Waals surface area contributed by atoms with Crippen molar-refractivity contribution in [2.45, 2.75) is 78.2 Å². The van der Waals surface area contributed by atoms with Gasteiger partial charge < -0.3 is 9.84 Å². The zero-order chi connectivity index (χ0) is 21.2. The van der Waals surface area contributed by atoms with E-state index < -0.39 is 17.0 Å². The number of aliphatic hydroxyl groups is 1. The maximum absolute atomic E-state index is 12.9. The number of hydrogen-bond acceptors (Lipinski definition) is 5. The minimum atomic E-state index is -1.41. The Morgan fingerprint density at radius 1 is 1.17 bits per heavy atom. The van der Waals surface area contributed by atoms with E-state index in [2.05, 4.69) is 20.8 Å². The van der Waals surface area contributed by atoms with Crippen molar-refractivity contribution in [2.24, 2.45) is 34.5 Å². The second-order valence-electron chi connectivity index (χ2n) is 10.5. The Morgan fingerprint density at radius 3 is 2.55 bits per heavy atom. The van der Waals surface area contributed by atoms with Crippen LogP contribution >= 0.6 is 0 Å². The molecule has 7 atom stereocenters. The summed E-state index contributed by atoms with van der Waals surface area (Å²) in [7, 11) is 0. The molecule has 0 radical (unpaired) electrons. The van der Waals surface area contributed by atoms with E-state index in [1.807, 2.05) is 6.08 Å². The quantitative estimate of drug-likeness (QED) is 0.729. The van der Waals surface area contributed by atoms with Gasteiger partial charge in [-0.1, -0.05) is 26.3 Å². The Balaban J connectivity index is 1.63. The highest BCUT2D eigenvalue weighted by Crippen LogP contribution is 2.68. The molecule has 0 aromatic rings. The second-order valence-corrected chi connectivity index (χ2v) is 10.5. The van der Waals surface area contributed by atoms with Gasteiger partial charge in [0.1, 0.15) is 5.60 Å². The maximum Gasteiger partial charge on any atom is 0.303 e. The van der Waals surface area contributed by atoms with Crippen molar-refractivity contribution in [2.75, 3.05) is 6.61 Å². The molecule has 0 spiro atoms. The molecule has 0 aromatic carbocycles. The van der Waals surface area contributed by atoms with E-state index in [1.165, 1.54) is 12.5 Å². The predicted octanol–water partition coefficient (Wildman–Crippen LogP) is 3.63. The summed E-state index contributed by atoms with van der Waals surface area (Å²) in [6.07, 6.45) is 7.56. The zero-order valence-corrected chi connectivity index (χ0v) is 18.1. The molecule has 5 nitrogen and oxygen atoms in total. The fourth-order valence-electron chi connectivity index (χ4n) is 7.70. The van der Waals surface area contributed by atoms with Gasteiger partial charge in [-0.05, 0) is 73.7 Å². The molecule has 0 saturated heterocycles. The molecule has 3 saturated carbocycles. The fourth-order valence-corrected chi connectivity index (χ4v) is 7.70. The van der Waals surface area contributed by atoms with Crippen molar-refractivity contribution in [1.82, 2.24) is 0 Å². The minimum Gasteiger partial charge on any atom is -0.458 e. The van der Waals surface area contributed by atoms with E-state index in [9.17, 15) is 19.5 Å². The van der Waals surface area contributed by atoms with Crippen molar-refractivity contribution in [3.05, 3.63) is 11.6 Å². The van der Waals surface area contributed by atoms with Crippen molar-refractivity contribution >= 4 is 17.5 Å². The summed E-state index contributed by atoms with van der Waals surface area (Å²) in [5, 5.41) is 11.5. The molecule has 29 heavy (non-hydrogen) atoms. The summed E-state index contributed by atoms with van der Waals surface area (Å²) in [5.74, 6) is 0.988. The smallest absolute Gasteiger partial charge is 0.303 e. The van der Waals surface area contributed by atoms with Gasteiger partial charge in [-0.3, -0.25) is 14.4 Å². The van der Waals surface area contributed by atoms with Crippen LogP contribution in [0.15, 0.2) is 11.6 Å². The van der Waals surface area contributed by atoms with Crippen LogP contribution in [0, 0.1) is 34.5 Å². The largest absolute Gasteiger partial charge is 0.458 e. The van der Waals surface area contributed by atoms with Gasteiger partial charge in [0, 0.05) is 18.8 Å². The molecule has 0 heterocycles. The third kappa shape index (κ3) is 2.79. The summed E-state index contributed by atoms with van der Waals surface area (Å²) in [6.45, 7) is 7.59. The monoisotopic (exact) mass is 402 g/mol. The van der Waals surface area contributed by atoms with Gasteiger partial charge in [0.05, 0.1) is 0 Å². The predicted molar refractivity (Wildman–Crippen MR) is 108 cm³/mol. The molecule has 160 valence electrons. The Morgan fingerprint density at radius 2 is 1.86 bits per heavy atom. The SMILES string of the molecule is CC(=O)OCC(=O)[C@@]1(O)CC[C@H]2[C@@H]3CCC4=CC(=O)C[C@H](C)[C@]4(C)[C@H]3CC[C@@]21C. The zero-order valence-electron chi connectivity index (χ0n) is 18.1. The Hall–Kier alpha value is -1.49. The first kappa shape index (κ1) is 20.8. The first-order valence-electron chi connectivity index (χ1n) is 11.2. The number of rotatable bonds is 3. The van der Waals surface area contributed by atoms with Crippen LogP contribution in [-0.4, -0.2) is 34.9 Å². The number of ketones is 2. The molecule has 0 aliphatic heterocycles. The van der Waals surface area contributed by atoms with E-state index in [0.29, 0.717) is 30.6 Å². The normalized spacial score (nSPS) is 46.2. The van der Waals surface area contributed by atoms with Crippen LogP contribution in [0.5, 0.6) is 0 Å². The molecule has 0 unspecified atom stereocenters. The number of Topliss-reactive ketones (excluding diaryl/α,β-unsaturated/α-hetero) is 1. The molecule has 4 rings (SSSR count). The standard InChI is InChI=1S/C24H34O5/c1-14-11-17(26)12-16-5-6-18-19-8-10-24(28,21(27)13-29-15(2)25)22(19,3)9-7-20(18)23(14,16)4/h12,14,18-20,28H,5-11,13H2,1-4H3/t14-,18-,19-,20-,22-,23-,24-/m0/s1. The average molecular weight is 403 g/mol. The fraction of sp³-hybridized carbons (Fsp3) is 0.792. The summed E-state index contributed by atoms with van der Waals surface area (Å²) >= 11 is 0. The lowest BCUT2D eigenvalue weighted by molar-refractivity contribution is -0.170. The van der Waals surface area contributed by atoms with Crippen LogP contribution in [0.3, 0.4) is 0 Å². The van der Waals surface area contributed by atoms with E-state index >= 15 is 0 Å². The Bertz CT molecular complexity index is 784. The number of esters is 1. The van der Waals surface area contributed by atoms with Gasteiger partial charge >= 0.3 is 5.97 Å². The third-order valence-electron chi connectivity index (χ3n) is 9.53. The molecule has 0 amide bonds. The second kappa shape index (κ2) is 6.76. The Labute approximate surface area is 173 Å². The number of fused-ring (bicyclic) bond motifs is 5. The molecule has 5 heteroatoms. The highest BCUT2D eigenvalue weighted by molar-refractivity contribution is 5.92. The van der Waals surface area contributed by atoms with Gasteiger partial charge in [-0.15, -0.1) is 0 Å². The molecule has 4 aliphatic rings. The minimum absolute atomic E-state index is 0.0423. The maximum atomic E-state index is 12.9. The number of hydrogen-bond donors (Lipinski definition) is 1. The number of allylic oxidation sites excluding steroid dienone is 1. The lowest BCUT2D eigenvalue weighted by atomic mass is 9.44. The van der Waals surface area contributed by atoms with Crippen molar-refractivity contribution in [1.29, 1.82) is 0 Å². The van der Waals surface area contributed by atoms with Gasteiger partial charge in [0.2, 0.25) is 5.78 Å². The van der Waals surface area contributed by atoms with E-state index in [-0.39, 0.29) is 29.5 Å². The first-order valence-corrected chi connectivity index (χ1v) is 11.2. The average Bonchev–Trinajstić information content (AvgIpc) is 2.93. The summed E-state index contributed by atoms with van der Waals surface area (Å²) in [4.78, 5) is 36.2. The highest BCUT2D eigenvalue weighted by Gasteiger charge is 2.66. The molecule has 4 aliphatic carbocycles. The van der Waals surface area contributed by atoms with Crippen LogP contribution in [0.4, 0.5) is 0 Å². The molecular weight excluding hydrogens is 368 g/mol. The van der Waals surface area contributed by atoms with Gasteiger partial charge in [-0.2, -0.15) is 0 Å². The van der Waals surface area contributed by atoms with Crippen molar-refractivity contribution in [3.8, 4) is 0 Å². The lowest BCUT2D eigenvalue weighted by Crippen LogP contribution is -2.59. The van der Waals surface area contributed by atoms with Crippen molar-refractivity contribution in [3.63, 3.8) is 0 Å². The van der Waals surface area contributed by atoms with Crippen LogP contribution < -0.4 is 0 Å². The van der Waals surface area contributed by atoms with Crippen LogP contribution in [0.1, 0.15) is 72.6 Å². The molecule has 1 N–H and O–H groups in total. The van der Waals surface area contributed by atoms with Crippen LogP contribution in [-0.2, 0) is 19.1 Å². The number of carbonyl (C=O) groups is 3. The van der Waals surface area contributed by atoms with E-state index in [1.54, 1.807) is 0 Å². The summed E-state index contributed by atoms with van der Waals surface area (Å²) < 4.78 is 4.94. The summed E-state index contributed by atoms with van der Waals surface area (Å²) in [5.41, 5.74) is -0.522. The topological polar surface area (TPSA) is 80.7 Å². The van der Waals surface area contributed by atoms with Crippen molar-refractivity contribution < 1.29 is 24.2 Å². The molecule has 0 aromatic heterocycles. The van der Waals surface area contributed by atoms with E-state index in [0.717, 1.165) is 32.1 Å². The first-order chi connectivity index (χ1) is 13.5. The third-order valence-corrected chi connectivity index (χ3v) is 9.53. The number of carbonyl (C=O) groups excluding carboxylic acids is 3.